The second kappa shape index (κ2) is 6.71. The van der Waals surface area contributed by atoms with Gasteiger partial charge in [-0.3, -0.25) is 9.88 Å². The average molecular weight is 306 g/mol. The molecular weight excluding hydrogens is 280 g/mol. The molecule has 1 aliphatic rings. The molecular formula is C16H26N4S. The number of aromatic nitrogens is 1. The lowest BCUT2D eigenvalue weighted by Gasteiger charge is -2.27. The molecule has 0 aromatic carbocycles. The third-order valence-corrected chi connectivity index (χ3v) is 4.59. The van der Waals surface area contributed by atoms with Crippen molar-refractivity contribution in [3.63, 3.8) is 0 Å². The minimum atomic E-state index is 0.446. The zero-order valence-electron chi connectivity index (χ0n) is 13.5. The quantitative estimate of drug-likeness (QED) is 0.846. The molecule has 2 heterocycles. The van der Waals surface area contributed by atoms with Crippen LogP contribution in [0.4, 0.5) is 5.69 Å². The Labute approximate surface area is 133 Å². The van der Waals surface area contributed by atoms with E-state index in [1.54, 1.807) is 0 Å². The first-order chi connectivity index (χ1) is 9.97. The molecule has 116 valence electrons. The molecule has 2 N–H and O–H groups in total. The minimum Gasteiger partial charge on any atom is -0.389 e. The third kappa shape index (κ3) is 3.35. The lowest BCUT2D eigenvalue weighted by molar-refractivity contribution is 0.232. The van der Waals surface area contributed by atoms with Crippen LogP contribution in [0.1, 0.15) is 37.2 Å². The molecule has 21 heavy (non-hydrogen) atoms. The normalized spacial score (nSPS) is 18.5. The van der Waals surface area contributed by atoms with Gasteiger partial charge in [-0.05, 0) is 39.4 Å². The van der Waals surface area contributed by atoms with E-state index in [-0.39, 0.29) is 0 Å². The maximum Gasteiger partial charge on any atom is 0.107 e. The van der Waals surface area contributed by atoms with Gasteiger partial charge < -0.3 is 10.6 Å². The number of anilines is 1. The number of rotatable bonds is 5. The summed E-state index contributed by atoms with van der Waals surface area (Å²) in [4.78, 5) is 9.90. The van der Waals surface area contributed by atoms with Crippen molar-refractivity contribution in [2.75, 3.05) is 31.1 Å². The van der Waals surface area contributed by atoms with Crippen molar-refractivity contribution in [1.29, 1.82) is 0 Å². The fourth-order valence-corrected chi connectivity index (χ4v) is 3.61. The minimum absolute atomic E-state index is 0.446. The summed E-state index contributed by atoms with van der Waals surface area (Å²) in [6, 6.07) is 2.74. The molecule has 4 nitrogen and oxygen atoms in total. The summed E-state index contributed by atoms with van der Waals surface area (Å²) < 4.78 is 0. The molecule has 1 aliphatic heterocycles. The van der Waals surface area contributed by atoms with Gasteiger partial charge in [-0.1, -0.05) is 26.1 Å². The van der Waals surface area contributed by atoms with Crippen molar-refractivity contribution in [1.82, 2.24) is 9.88 Å². The van der Waals surface area contributed by atoms with Gasteiger partial charge in [-0.15, -0.1) is 0 Å². The molecule has 0 radical (unpaired) electrons. The molecule has 1 aromatic rings. The standard InChI is InChI=1S/C16H26N4S/c1-5-19(6-2)13-7-8-20(10-13)14-9-11(3)18-12(4)15(14)16(17)21/h9,13H,5-8,10H2,1-4H3,(H2,17,21). The number of likely N-dealkylation sites (N-methyl/N-ethyl adjacent to an activating group) is 1. The van der Waals surface area contributed by atoms with E-state index in [0.717, 1.165) is 48.8 Å². The zero-order valence-corrected chi connectivity index (χ0v) is 14.3. The summed E-state index contributed by atoms with van der Waals surface area (Å²) in [5, 5.41) is 0. The topological polar surface area (TPSA) is 45.4 Å². The number of hydrogen-bond donors (Lipinski definition) is 1. The molecule has 1 fully saturated rings. The van der Waals surface area contributed by atoms with Crippen molar-refractivity contribution in [2.45, 2.75) is 40.2 Å². The van der Waals surface area contributed by atoms with Gasteiger partial charge in [0.05, 0.1) is 11.3 Å². The van der Waals surface area contributed by atoms with Gasteiger partial charge >= 0.3 is 0 Å². The summed E-state index contributed by atoms with van der Waals surface area (Å²) in [6.45, 7) is 12.8. The van der Waals surface area contributed by atoms with Crippen molar-refractivity contribution in [3.8, 4) is 0 Å². The Morgan fingerprint density at radius 2 is 2.10 bits per heavy atom. The number of thiocarbonyl (C=S) groups is 1. The van der Waals surface area contributed by atoms with Gasteiger partial charge in [0.1, 0.15) is 4.99 Å². The Bertz CT molecular complexity index is 525. The van der Waals surface area contributed by atoms with Gasteiger partial charge in [0.2, 0.25) is 0 Å². The van der Waals surface area contributed by atoms with Crippen LogP contribution in [0.15, 0.2) is 6.07 Å². The Balaban J connectivity index is 2.29. The molecule has 2 rings (SSSR count). The first kappa shape index (κ1) is 16.2. The van der Waals surface area contributed by atoms with E-state index in [1.165, 1.54) is 6.42 Å². The highest BCUT2D eigenvalue weighted by molar-refractivity contribution is 7.80. The van der Waals surface area contributed by atoms with Gasteiger partial charge in [-0.25, -0.2) is 0 Å². The summed E-state index contributed by atoms with van der Waals surface area (Å²) in [6.07, 6.45) is 1.19. The molecule has 1 saturated heterocycles. The number of nitrogens with two attached hydrogens (primary N) is 1. The maximum absolute atomic E-state index is 5.93. The van der Waals surface area contributed by atoms with Crippen LogP contribution < -0.4 is 10.6 Å². The lowest BCUT2D eigenvalue weighted by atomic mass is 10.1. The van der Waals surface area contributed by atoms with Crippen molar-refractivity contribution >= 4 is 22.9 Å². The van der Waals surface area contributed by atoms with E-state index in [2.05, 4.69) is 34.7 Å². The van der Waals surface area contributed by atoms with E-state index < -0.39 is 0 Å². The fourth-order valence-electron chi connectivity index (χ4n) is 3.36. The predicted molar refractivity (Wildman–Crippen MR) is 93.1 cm³/mol. The van der Waals surface area contributed by atoms with E-state index in [9.17, 15) is 0 Å². The van der Waals surface area contributed by atoms with Crippen LogP contribution in [0, 0.1) is 13.8 Å². The molecule has 5 heteroatoms. The Morgan fingerprint density at radius 3 is 2.67 bits per heavy atom. The Hall–Kier alpha value is -1.20. The van der Waals surface area contributed by atoms with Gasteiger partial charge in [0.15, 0.2) is 0 Å². The summed E-state index contributed by atoms with van der Waals surface area (Å²) in [5.74, 6) is 0. The van der Waals surface area contributed by atoms with Gasteiger partial charge in [0.25, 0.3) is 0 Å². The second-order valence-corrected chi connectivity index (χ2v) is 6.16. The van der Waals surface area contributed by atoms with Crippen LogP contribution >= 0.6 is 12.2 Å². The van der Waals surface area contributed by atoms with Crippen LogP contribution in [0.5, 0.6) is 0 Å². The van der Waals surface area contributed by atoms with E-state index in [4.69, 9.17) is 18.0 Å². The van der Waals surface area contributed by atoms with Crippen LogP contribution in [0.3, 0.4) is 0 Å². The van der Waals surface area contributed by atoms with Crippen LogP contribution in [-0.2, 0) is 0 Å². The fraction of sp³-hybridized carbons (Fsp3) is 0.625. The lowest BCUT2D eigenvalue weighted by Crippen LogP contribution is -2.37. The van der Waals surface area contributed by atoms with Crippen LogP contribution in [0.2, 0.25) is 0 Å². The van der Waals surface area contributed by atoms with Gasteiger partial charge in [-0.2, -0.15) is 0 Å². The molecule has 0 aliphatic carbocycles. The predicted octanol–water partition coefficient (Wildman–Crippen LogP) is 2.25. The number of nitrogens with zero attached hydrogens (tertiary/aromatic N) is 3. The number of aryl methyl sites for hydroxylation is 2. The zero-order chi connectivity index (χ0) is 15.6. The van der Waals surface area contributed by atoms with E-state index in [1.807, 2.05) is 13.8 Å². The number of pyridine rings is 1. The molecule has 0 spiro atoms. The first-order valence-electron chi connectivity index (χ1n) is 7.74. The third-order valence-electron chi connectivity index (χ3n) is 4.39. The molecule has 1 atom stereocenters. The summed E-state index contributed by atoms with van der Waals surface area (Å²) in [7, 11) is 0. The Kier molecular flexibility index (Phi) is 5.17. The average Bonchev–Trinajstić information content (AvgIpc) is 2.88. The first-order valence-corrected chi connectivity index (χ1v) is 8.15. The smallest absolute Gasteiger partial charge is 0.107 e. The van der Waals surface area contributed by atoms with E-state index in [0.29, 0.717) is 11.0 Å². The van der Waals surface area contributed by atoms with Crippen molar-refractivity contribution in [3.05, 3.63) is 23.0 Å². The maximum atomic E-state index is 5.93. The van der Waals surface area contributed by atoms with E-state index >= 15 is 0 Å². The van der Waals surface area contributed by atoms with Gasteiger partial charge in [0, 0.05) is 30.5 Å². The summed E-state index contributed by atoms with van der Waals surface area (Å²) >= 11 is 5.24. The molecule has 0 amide bonds. The molecule has 0 saturated carbocycles. The summed E-state index contributed by atoms with van der Waals surface area (Å²) in [5.41, 5.74) is 9.99. The highest BCUT2D eigenvalue weighted by Gasteiger charge is 2.28. The Morgan fingerprint density at radius 1 is 1.43 bits per heavy atom. The highest BCUT2D eigenvalue weighted by Crippen LogP contribution is 2.28. The second-order valence-electron chi connectivity index (χ2n) is 5.72. The monoisotopic (exact) mass is 306 g/mol. The van der Waals surface area contributed by atoms with Crippen LogP contribution in [-0.4, -0.2) is 47.1 Å². The molecule has 1 unspecified atom stereocenters. The molecule has 0 bridgehead atoms. The highest BCUT2D eigenvalue weighted by atomic mass is 32.1. The van der Waals surface area contributed by atoms with Crippen molar-refractivity contribution < 1.29 is 0 Å². The van der Waals surface area contributed by atoms with Crippen LogP contribution in [0.25, 0.3) is 0 Å². The SMILES string of the molecule is CCN(CC)C1CCN(c2cc(C)nc(C)c2C(N)=S)C1. The molecule has 1 aromatic heterocycles. The van der Waals surface area contributed by atoms with Crippen molar-refractivity contribution in [2.24, 2.45) is 5.73 Å². The number of hydrogen-bond acceptors (Lipinski definition) is 4. The largest absolute Gasteiger partial charge is 0.389 e.